The highest BCUT2D eigenvalue weighted by molar-refractivity contribution is 5.91. The Balaban J connectivity index is 1.54. The molecule has 4 heterocycles. The first-order valence-corrected chi connectivity index (χ1v) is 13.3. The normalized spacial score (nSPS) is 18.1. The van der Waals surface area contributed by atoms with E-state index in [-0.39, 0.29) is 55.0 Å². The highest BCUT2D eigenvalue weighted by Crippen LogP contribution is 2.41. The minimum atomic E-state index is -1.82. The summed E-state index contributed by atoms with van der Waals surface area (Å²) in [6.07, 6.45) is 0.418. The third-order valence-corrected chi connectivity index (χ3v) is 7.72. The number of hydrogen-bond acceptors (Lipinski definition) is 8. The van der Waals surface area contributed by atoms with Gasteiger partial charge in [-0.1, -0.05) is 32.0 Å². The van der Waals surface area contributed by atoms with E-state index in [1.165, 1.54) is 6.92 Å². The summed E-state index contributed by atoms with van der Waals surface area (Å²) in [5.41, 5.74) is 1.27. The molecule has 0 saturated heterocycles. The number of cyclic esters (lactones) is 1. The molecule has 2 atom stereocenters. The van der Waals surface area contributed by atoms with Crippen molar-refractivity contribution in [2.24, 2.45) is 5.92 Å². The van der Waals surface area contributed by atoms with E-state index in [9.17, 15) is 24.0 Å². The molecule has 3 aromatic rings. The quantitative estimate of drug-likeness (QED) is 0.298. The number of carbonyl (C=O) groups excluding carboxylic acids is 4. The third-order valence-electron chi connectivity index (χ3n) is 7.72. The van der Waals surface area contributed by atoms with Crippen LogP contribution in [0.4, 0.5) is 0 Å². The van der Waals surface area contributed by atoms with Crippen molar-refractivity contribution < 1.29 is 28.7 Å². The van der Waals surface area contributed by atoms with Gasteiger partial charge in [0.1, 0.15) is 18.2 Å². The zero-order valence-electron chi connectivity index (χ0n) is 22.2. The number of Topliss-reactive ketones (excluding diaryl/α,β-unsaturated/α-hetero) is 2. The number of ketones is 2. The molecule has 2 aromatic heterocycles. The van der Waals surface area contributed by atoms with Gasteiger partial charge in [0.25, 0.3) is 5.56 Å². The number of pyridine rings is 2. The predicted octanol–water partition coefficient (Wildman–Crippen LogP) is 3.99. The smallest absolute Gasteiger partial charge is 0.355 e. The summed E-state index contributed by atoms with van der Waals surface area (Å²) < 4.78 is 12.9. The maximum atomic E-state index is 13.7. The van der Waals surface area contributed by atoms with Gasteiger partial charge in [-0.3, -0.25) is 14.4 Å². The van der Waals surface area contributed by atoms with E-state index in [0.717, 1.165) is 16.5 Å². The maximum absolute atomic E-state index is 13.7. The van der Waals surface area contributed by atoms with Gasteiger partial charge in [0, 0.05) is 35.8 Å². The molecule has 0 fully saturated rings. The standard InChI is InChI=1S/C30H30N2O7/c1-4-18(13-21(34)11-10-17(3)33)28(36)39-30(5-2)23-14-25-26-20(12-19-8-6-7-9-24(19)31-26)15-32(25)27(35)22(23)16-38-29(30)37/h6-9,12,14,18H,4-5,10-11,13,15-16H2,1-3H3/t18-,30-/m1/s1. The van der Waals surface area contributed by atoms with Crippen molar-refractivity contribution in [1.29, 1.82) is 0 Å². The van der Waals surface area contributed by atoms with Crippen LogP contribution in [0.15, 0.2) is 41.2 Å². The minimum Gasteiger partial charge on any atom is -0.457 e. The molecule has 202 valence electrons. The molecule has 1 aromatic carbocycles. The van der Waals surface area contributed by atoms with Crippen LogP contribution in [0, 0.1) is 5.92 Å². The topological polar surface area (TPSA) is 122 Å². The van der Waals surface area contributed by atoms with E-state index < -0.39 is 23.5 Å². The lowest BCUT2D eigenvalue weighted by atomic mass is 9.85. The molecule has 0 spiro atoms. The first kappa shape index (κ1) is 26.5. The van der Waals surface area contributed by atoms with Crippen LogP contribution in [0.2, 0.25) is 0 Å². The van der Waals surface area contributed by atoms with E-state index >= 15 is 0 Å². The first-order chi connectivity index (χ1) is 18.7. The van der Waals surface area contributed by atoms with Gasteiger partial charge in [0.15, 0.2) is 0 Å². The number of esters is 2. The molecule has 0 unspecified atom stereocenters. The third kappa shape index (κ3) is 4.56. The summed E-state index contributed by atoms with van der Waals surface area (Å²) in [6, 6.07) is 11.4. The minimum absolute atomic E-state index is 0.0419. The van der Waals surface area contributed by atoms with Crippen LogP contribution >= 0.6 is 0 Å². The van der Waals surface area contributed by atoms with Crippen LogP contribution in [-0.4, -0.2) is 33.1 Å². The molecule has 0 bridgehead atoms. The van der Waals surface area contributed by atoms with Crippen LogP contribution in [0.25, 0.3) is 22.3 Å². The number of carbonyl (C=O) groups is 4. The Labute approximate surface area is 225 Å². The van der Waals surface area contributed by atoms with Crippen molar-refractivity contribution in [2.75, 3.05) is 0 Å². The Morgan fingerprint density at radius 3 is 2.62 bits per heavy atom. The van der Waals surface area contributed by atoms with Crippen LogP contribution in [0.5, 0.6) is 0 Å². The van der Waals surface area contributed by atoms with Gasteiger partial charge < -0.3 is 18.8 Å². The molecule has 0 aliphatic carbocycles. The Hall–Kier alpha value is -4.14. The lowest BCUT2D eigenvalue weighted by Crippen LogP contribution is -2.48. The lowest BCUT2D eigenvalue weighted by Gasteiger charge is -2.36. The summed E-state index contributed by atoms with van der Waals surface area (Å²) in [4.78, 5) is 68.7. The fourth-order valence-electron chi connectivity index (χ4n) is 5.42. The molecular weight excluding hydrogens is 500 g/mol. The summed E-state index contributed by atoms with van der Waals surface area (Å²) in [6.45, 7) is 4.96. The average molecular weight is 531 g/mol. The maximum Gasteiger partial charge on any atom is 0.355 e. The molecule has 0 radical (unpaired) electrons. The predicted molar refractivity (Wildman–Crippen MR) is 142 cm³/mol. The van der Waals surface area contributed by atoms with Gasteiger partial charge in [-0.25, -0.2) is 9.78 Å². The second-order valence-corrected chi connectivity index (χ2v) is 10.2. The van der Waals surface area contributed by atoms with Crippen molar-refractivity contribution in [1.82, 2.24) is 9.55 Å². The van der Waals surface area contributed by atoms with Crippen LogP contribution in [0.1, 0.15) is 69.6 Å². The molecule has 39 heavy (non-hydrogen) atoms. The van der Waals surface area contributed by atoms with Gasteiger partial charge in [0.05, 0.1) is 34.9 Å². The Morgan fingerprint density at radius 2 is 1.90 bits per heavy atom. The second-order valence-electron chi connectivity index (χ2n) is 10.2. The van der Waals surface area contributed by atoms with E-state index in [4.69, 9.17) is 14.5 Å². The summed E-state index contributed by atoms with van der Waals surface area (Å²) in [5, 5.41) is 0.959. The monoisotopic (exact) mass is 530 g/mol. The number of para-hydroxylation sites is 1. The van der Waals surface area contributed by atoms with Crippen LogP contribution in [0.3, 0.4) is 0 Å². The molecule has 2 aliphatic rings. The molecule has 9 nitrogen and oxygen atoms in total. The highest BCUT2D eigenvalue weighted by atomic mass is 16.6. The van der Waals surface area contributed by atoms with E-state index in [1.807, 2.05) is 30.3 Å². The van der Waals surface area contributed by atoms with Crippen molar-refractivity contribution in [3.05, 3.63) is 63.4 Å². The van der Waals surface area contributed by atoms with Crippen molar-refractivity contribution in [3.8, 4) is 11.4 Å². The molecule has 2 aliphatic heterocycles. The second kappa shape index (κ2) is 10.2. The van der Waals surface area contributed by atoms with Gasteiger partial charge in [0.2, 0.25) is 5.60 Å². The lowest BCUT2D eigenvalue weighted by molar-refractivity contribution is -0.192. The summed E-state index contributed by atoms with van der Waals surface area (Å²) in [7, 11) is 0. The Kier molecular flexibility index (Phi) is 6.92. The van der Waals surface area contributed by atoms with Gasteiger partial charge in [-0.15, -0.1) is 0 Å². The highest BCUT2D eigenvalue weighted by Gasteiger charge is 2.51. The van der Waals surface area contributed by atoms with Gasteiger partial charge in [-0.05, 0) is 38.0 Å². The first-order valence-electron chi connectivity index (χ1n) is 13.3. The van der Waals surface area contributed by atoms with Gasteiger partial charge >= 0.3 is 11.9 Å². The number of aromatic nitrogens is 2. The number of nitrogens with zero attached hydrogens (tertiary/aromatic N) is 2. The van der Waals surface area contributed by atoms with Crippen molar-refractivity contribution >= 4 is 34.4 Å². The summed E-state index contributed by atoms with van der Waals surface area (Å²) in [5.74, 6) is -2.59. The Morgan fingerprint density at radius 1 is 1.13 bits per heavy atom. The molecular formula is C30H30N2O7. The Bertz CT molecular complexity index is 1590. The number of fused-ring (bicyclic) bond motifs is 5. The molecule has 0 N–H and O–H groups in total. The fraction of sp³-hybridized carbons (Fsp3) is 0.400. The van der Waals surface area contributed by atoms with E-state index in [1.54, 1.807) is 24.5 Å². The molecule has 9 heteroatoms. The van der Waals surface area contributed by atoms with Crippen LogP contribution < -0.4 is 5.56 Å². The van der Waals surface area contributed by atoms with Crippen molar-refractivity contribution in [3.63, 3.8) is 0 Å². The van der Waals surface area contributed by atoms with Crippen LogP contribution in [-0.2, 0) is 47.4 Å². The molecule has 0 amide bonds. The number of ether oxygens (including phenoxy) is 2. The fourth-order valence-corrected chi connectivity index (χ4v) is 5.42. The SMILES string of the molecule is CC[C@H](CC(=O)CCC(C)=O)C(=O)O[C@@]1(CC)C(=O)OCc2c1cc1n(c2=O)Cc2cc3ccccc3nc2-1. The van der Waals surface area contributed by atoms with E-state index in [0.29, 0.717) is 29.9 Å². The number of hydrogen-bond donors (Lipinski definition) is 0. The average Bonchev–Trinajstić information content (AvgIpc) is 3.28. The van der Waals surface area contributed by atoms with Gasteiger partial charge in [-0.2, -0.15) is 0 Å². The zero-order chi connectivity index (χ0) is 27.9. The van der Waals surface area contributed by atoms with E-state index in [2.05, 4.69) is 0 Å². The number of benzene rings is 1. The molecule has 5 rings (SSSR count). The number of rotatable bonds is 9. The largest absolute Gasteiger partial charge is 0.457 e. The summed E-state index contributed by atoms with van der Waals surface area (Å²) >= 11 is 0. The molecule has 0 saturated carbocycles. The van der Waals surface area contributed by atoms with Crippen molar-refractivity contribution in [2.45, 2.75) is 71.6 Å². The zero-order valence-corrected chi connectivity index (χ0v) is 22.2.